The summed E-state index contributed by atoms with van der Waals surface area (Å²) in [6, 6.07) is 3.09. The minimum absolute atomic E-state index is 0.0675. The minimum Gasteiger partial charge on any atom is -0.382 e. The molecule has 0 spiro atoms. The van der Waals surface area contributed by atoms with Crippen LogP contribution in [0.2, 0.25) is 5.02 Å². The zero-order valence-electron chi connectivity index (χ0n) is 8.76. The quantitative estimate of drug-likeness (QED) is 0.836. The van der Waals surface area contributed by atoms with Gasteiger partial charge in [0.1, 0.15) is 5.82 Å². The SMILES string of the molecule is O=C(NCC(O)C(F)(F)F)c1cc(Cl)ccc1F. The summed E-state index contributed by atoms with van der Waals surface area (Å²) in [6.45, 7) is -1.06. The van der Waals surface area contributed by atoms with Gasteiger partial charge in [0.15, 0.2) is 6.10 Å². The molecule has 0 aliphatic heterocycles. The van der Waals surface area contributed by atoms with E-state index >= 15 is 0 Å². The van der Waals surface area contributed by atoms with Crippen molar-refractivity contribution in [3.8, 4) is 0 Å². The molecular formula is C10H8ClF4NO2. The molecule has 100 valence electrons. The standard InChI is InChI=1S/C10H8ClF4NO2/c11-5-1-2-7(12)6(3-5)9(18)16-4-8(17)10(13,14)15/h1-3,8,17H,4H2,(H,16,18). The Hall–Kier alpha value is -1.34. The van der Waals surface area contributed by atoms with Gasteiger partial charge < -0.3 is 10.4 Å². The highest BCUT2D eigenvalue weighted by Gasteiger charge is 2.38. The number of aliphatic hydroxyl groups excluding tert-OH is 1. The van der Waals surface area contributed by atoms with Crippen LogP contribution < -0.4 is 5.32 Å². The van der Waals surface area contributed by atoms with Crippen LogP contribution in [0.1, 0.15) is 10.4 Å². The van der Waals surface area contributed by atoms with E-state index in [1.54, 1.807) is 5.32 Å². The fraction of sp³-hybridized carbons (Fsp3) is 0.300. The smallest absolute Gasteiger partial charge is 0.382 e. The van der Waals surface area contributed by atoms with Crippen LogP contribution in [0.15, 0.2) is 18.2 Å². The van der Waals surface area contributed by atoms with Gasteiger partial charge in [-0.15, -0.1) is 0 Å². The van der Waals surface area contributed by atoms with E-state index in [2.05, 4.69) is 0 Å². The fourth-order valence-corrected chi connectivity index (χ4v) is 1.24. The molecule has 0 saturated carbocycles. The topological polar surface area (TPSA) is 49.3 Å². The lowest BCUT2D eigenvalue weighted by Gasteiger charge is -2.15. The monoisotopic (exact) mass is 285 g/mol. The van der Waals surface area contributed by atoms with E-state index in [4.69, 9.17) is 16.7 Å². The molecule has 3 nitrogen and oxygen atoms in total. The van der Waals surface area contributed by atoms with Crippen molar-refractivity contribution < 1.29 is 27.5 Å². The number of carbonyl (C=O) groups excluding carboxylic acids is 1. The van der Waals surface area contributed by atoms with Gasteiger partial charge in [-0.1, -0.05) is 11.6 Å². The van der Waals surface area contributed by atoms with E-state index in [9.17, 15) is 22.4 Å². The number of amides is 1. The Kier molecular flexibility index (Phi) is 4.53. The van der Waals surface area contributed by atoms with Crippen LogP contribution in [0.5, 0.6) is 0 Å². The maximum absolute atomic E-state index is 13.2. The molecule has 0 radical (unpaired) electrons. The number of nitrogens with one attached hydrogen (secondary N) is 1. The summed E-state index contributed by atoms with van der Waals surface area (Å²) in [4.78, 5) is 11.4. The Morgan fingerprint density at radius 2 is 2.06 bits per heavy atom. The van der Waals surface area contributed by atoms with Gasteiger partial charge >= 0.3 is 6.18 Å². The molecule has 0 aliphatic carbocycles. The van der Waals surface area contributed by atoms with Crippen LogP contribution in [0, 0.1) is 5.82 Å². The Morgan fingerprint density at radius 3 is 2.61 bits per heavy atom. The van der Waals surface area contributed by atoms with E-state index in [1.807, 2.05) is 0 Å². The van der Waals surface area contributed by atoms with Crippen LogP contribution in [0.25, 0.3) is 0 Å². The molecular weight excluding hydrogens is 278 g/mol. The number of aliphatic hydroxyl groups is 1. The predicted octanol–water partition coefficient (Wildman–Crippen LogP) is 2.13. The highest BCUT2D eigenvalue weighted by Crippen LogP contribution is 2.19. The number of benzene rings is 1. The van der Waals surface area contributed by atoms with Gasteiger partial charge in [-0.05, 0) is 18.2 Å². The summed E-state index contributed by atoms with van der Waals surface area (Å²) in [5.74, 6) is -2.00. The third-order valence-electron chi connectivity index (χ3n) is 2.01. The highest BCUT2D eigenvalue weighted by atomic mass is 35.5. The van der Waals surface area contributed by atoms with Crippen LogP contribution in [-0.2, 0) is 0 Å². The molecule has 1 rings (SSSR count). The molecule has 1 unspecified atom stereocenters. The van der Waals surface area contributed by atoms with Gasteiger partial charge in [-0.25, -0.2) is 4.39 Å². The molecule has 0 saturated heterocycles. The number of hydrogen-bond acceptors (Lipinski definition) is 2. The summed E-state index contributed by atoms with van der Waals surface area (Å²) in [5.41, 5.74) is -0.489. The number of rotatable bonds is 3. The summed E-state index contributed by atoms with van der Waals surface area (Å²) in [6.07, 6.45) is -7.55. The maximum Gasteiger partial charge on any atom is 0.416 e. The minimum atomic E-state index is -4.85. The Bertz CT molecular complexity index is 450. The number of alkyl halides is 3. The molecule has 0 aromatic heterocycles. The van der Waals surface area contributed by atoms with Crippen LogP contribution in [0.4, 0.5) is 17.6 Å². The molecule has 1 atom stereocenters. The van der Waals surface area contributed by atoms with Gasteiger partial charge in [0.2, 0.25) is 0 Å². The Morgan fingerprint density at radius 1 is 1.44 bits per heavy atom. The maximum atomic E-state index is 13.2. The molecule has 0 fully saturated rings. The van der Waals surface area contributed by atoms with E-state index in [-0.39, 0.29) is 5.02 Å². The van der Waals surface area contributed by atoms with Crippen LogP contribution >= 0.6 is 11.6 Å². The molecule has 2 N–H and O–H groups in total. The van der Waals surface area contributed by atoms with Gasteiger partial charge in [-0.3, -0.25) is 4.79 Å². The second-order valence-corrected chi connectivity index (χ2v) is 3.83. The number of hydrogen-bond donors (Lipinski definition) is 2. The van der Waals surface area contributed by atoms with Crippen molar-refractivity contribution in [1.29, 1.82) is 0 Å². The summed E-state index contributed by atoms with van der Waals surface area (Å²) in [7, 11) is 0. The molecule has 1 aromatic rings. The second-order valence-electron chi connectivity index (χ2n) is 3.39. The average Bonchev–Trinajstić information content (AvgIpc) is 2.27. The van der Waals surface area contributed by atoms with Gasteiger partial charge in [0, 0.05) is 5.02 Å². The first-order valence-electron chi connectivity index (χ1n) is 4.70. The summed E-state index contributed by atoms with van der Waals surface area (Å²) < 4.78 is 49.0. The van der Waals surface area contributed by atoms with Crippen molar-refractivity contribution in [2.75, 3.05) is 6.54 Å². The van der Waals surface area contributed by atoms with E-state index in [0.717, 1.165) is 12.1 Å². The van der Waals surface area contributed by atoms with E-state index in [1.165, 1.54) is 6.07 Å². The van der Waals surface area contributed by atoms with Crippen molar-refractivity contribution in [1.82, 2.24) is 5.32 Å². The molecule has 1 aromatic carbocycles. The van der Waals surface area contributed by atoms with Gasteiger partial charge in [-0.2, -0.15) is 13.2 Å². The molecule has 8 heteroatoms. The lowest BCUT2D eigenvalue weighted by atomic mass is 10.2. The normalized spacial score (nSPS) is 13.2. The van der Waals surface area contributed by atoms with Crippen molar-refractivity contribution >= 4 is 17.5 Å². The average molecular weight is 286 g/mol. The van der Waals surface area contributed by atoms with E-state index in [0.29, 0.717) is 0 Å². The third kappa shape index (κ3) is 3.85. The first-order chi connectivity index (χ1) is 8.21. The largest absolute Gasteiger partial charge is 0.416 e. The molecule has 1 amide bonds. The van der Waals surface area contributed by atoms with Crippen molar-refractivity contribution in [2.24, 2.45) is 0 Å². The Labute approximate surface area is 104 Å². The lowest BCUT2D eigenvalue weighted by molar-refractivity contribution is -0.201. The third-order valence-corrected chi connectivity index (χ3v) is 2.24. The first-order valence-corrected chi connectivity index (χ1v) is 5.07. The number of carbonyl (C=O) groups is 1. The van der Waals surface area contributed by atoms with Crippen molar-refractivity contribution in [3.63, 3.8) is 0 Å². The zero-order valence-corrected chi connectivity index (χ0v) is 9.52. The lowest BCUT2D eigenvalue weighted by Crippen LogP contribution is -2.40. The van der Waals surface area contributed by atoms with Crippen LogP contribution in [-0.4, -0.2) is 29.8 Å². The summed E-state index contributed by atoms with van der Waals surface area (Å²) >= 11 is 5.52. The molecule has 0 aliphatic rings. The number of halogens is 5. The molecule has 18 heavy (non-hydrogen) atoms. The second kappa shape index (κ2) is 5.53. The van der Waals surface area contributed by atoms with Gasteiger partial charge in [0.25, 0.3) is 5.91 Å². The van der Waals surface area contributed by atoms with E-state index < -0.39 is 36.1 Å². The first kappa shape index (κ1) is 14.7. The Balaban J connectivity index is 2.69. The molecule has 0 heterocycles. The predicted molar refractivity (Wildman–Crippen MR) is 55.8 cm³/mol. The van der Waals surface area contributed by atoms with Crippen LogP contribution in [0.3, 0.4) is 0 Å². The van der Waals surface area contributed by atoms with Crippen molar-refractivity contribution in [3.05, 3.63) is 34.6 Å². The summed E-state index contributed by atoms with van der Waals surface area (Å²) in [5, 5.41) is 10.5. The van der Waals surface area contributed by atoms with Crippen molar-refractivity contribution in [2.45, 2.75) is 12.3 Å². The molecule has 0 bridgehead atoms. The fourth-order valence-electron chi connectivity index (χ4n) is 1.07. The highest BCUT2D eigenvalue weighted by molar-refractivity contribution is 6.30. The zero-order chi connectivity index (χ0) is 13.9. The van der Waals surface area contributed by atoms with Gasteiger partial charge in [0.05, 0.1) is 12.1 Å².